The molecular formula is C9H10BIO. The molecule has 0 bridgehead atoms. The molecule has 0 aromatic carbocycles. The van der Waals surface area contributed by atoms with Crippen LogP contribution in [0.2, 0.25) is 0 Å². The fraction of sp³-hybridized carbons (Fsp3) is 0.222. The van der Waals surface area contributed by atoms with Crippen LogP contribution in [0.1, 0.15) is 13.8 Å². The van der Waals surface area contributed by atoms with Gasteiger partial charge in [-0.1, -0.05) is 18.1 Å². The van der Waals surface area contributed by atoms with Gasteiger partial charge in [0.2, 0.25) is 0 Å². The summed E-state index contributed by atoms with van der Waals surface area (Å²) >= 11 is 2.07. The zero-order chi connectivity index (χ0) is 9.72. The van der Waals surface area contributed by atoms with Gasteiger partial charge in [0.25, 0.3) is 0 Å². The number of Topliss-reactive ketones (excluding diaryl/α,β-unsaturated/α-hetero) is 1. The highest BCUT2D eigenvalue weighted by Gasteiger charge is 1.97. The molecule has 62 valence electrons. The first-order chi connectivity index (χ1) is 5.49. The third-order valence-corrected chi connectivity index (χ3v) is 2.33. The molecule has 0 N–H and O–H groups in total. The first-order valence-electron chi connectivity index (χ1n) is 3.46. The summed E-state index contributed by atoms with van der Waals surface area (Å²) in [7, 11) is 5.56. The molecular weight excluding hydrogens is 262 g/mol. The van der Waals surface area contributed by atoms with Crippen molar-refractivity contribution in [1.82, 2.24) is 0 Å². The average molecular weight is 272 g/mol. The van der Waals surface area contributed by atoms with Gasteiger partial charge in [-0.05, 0) is 48.1 Å². The molecule has 0 spiro atoms. The number of ketones is 1. The third-order valence-electron chi connectivity index (χ3n) is 1.39. The number of allylic oxidation sites excluding steroid dienone is 5. The van der Waals surface area contributed by atoms with Crippen LogP contribution in [0.4, 0.5) is 0 Å². The van der Waals surface area contributed by atoms with Crippen molar-refractivity contribution in [2.45, 2.75) is 13.8 Å². The lowest BCUT2D eigenvalue weighted by Crippen LogP contribution is -1.91. The summed E-state index contributed by atoms with van der Waals surface area (Å²) in [6.07, 6.45) is 3.31. The van der Waals surface area contributed by atoms with Crippen LogP contribution < -0.4 is 0 Å². The van der Waals surface area contributed by atoms with Gasteiger partial charge in [-0.15, -0.1) is 0 Å². The van der Waals surface area contributed by atoms with Crippen LogP contribution in [0.25, 0.3) is 0 Å². The Kier molecular flexibility index (Phi) is 5.21. The molecule has 0 saturated heterocycles. The van der Waals surface area contributed by atoms with E-state index in [4.69, 9.17) is 7.85 Å². The molecule has 0 aromatic heterocycles. The Hall–Kier alpha value is -0.315. The van der Waals surface area contributed by atoms with Crippen molar-refractivity contribution in [3.63, 3.8) is 0 Å². The van der Waals surface area contributed by atoms with Gasteiger partial charge in [0.15, 0.2) is 5.78 Å². The molecule has 3 heteroatoms. The number of rotatable bonds is 3. The maximum Gasteiger partial charge on any atom is 0.155 e. The lowest BCUT2D eigenvalue weighted by atomic mass is 9.95. The van der Waals surface area contributed by atoms with E-state index >= 15 is 0 Å². The van der Waals surface area contributed by atoms with Gasteiger partial charge < -0.3 is 0 Å². The Bertz CT molecular complexity index is 264. The summed E-state index contributed by atoms with van der Waals surface area (Å²) in [5, 5.41) is 0. The Morgan fingerprint density at radius 1 is 1.50 bits per heavy atom. The van der Waals surface area contributed by atoms with Crippen molar-refractivity contribution in [2.75, 3.05) is 0 Å². The Morgan fingerprint density at radius 2 is 2.00 bits per heavy atom. The van der Waals surface area contributed by atoms with Crippen molar-refractivity contribution in [1.29, 1.82) is 0 Å². The predicted molar refractivity (Wildman–Crippen MR) is 61.4 cm³/mol. The highest BCUT2D eigenvalue weighted by molar-refractivity contribution is 14.1. The van der Waals surface area contributed by atoms with Crippen LogP contribution in [-0.4, -0.2) is 13.6 Å². The number of hydrogen-bond acceptors (Lipinski definition) is 1. The van der Waals surface area contributed by atoms with E-state index in [1.807, 2.05) is 0 Å². The summed E-state index contributed by atoms with van der Waals surface area (Å²) in [5.41, 5.74) is 1.29. The number of carbonyl (C=O) groups is 1. The van der Waals surface area contributed by atoms with Crippen LogP contribution in [0, 0.1) is 0 Å². The third kappa shape index (κ3) is 3.90. The second-order valence-electron chi connectivity index (χ2n) is 2.39. The van der Waals surface area contributed by atoms with E-state index in [1.165, 1.54) is 6.92 Å². The lowest BCUT2D eigenvalue weighted by Gasteiger charge is -1.97. The fourth-order valence-electron chi connectivity index (χ4n) is 0.473. The predicted octanol–water partition coefficient (Wildman–Crippen LogP) is 2.52. The molecule has 0 aromatic rings. The smallest absolute Gasteiger partial charge is 0.155 e. The largest absolute Gasteiger partial charge is 0.295 e. The van der Waals surface area contributed by atoms with Crippen LogP contribution in [0.5, 0.6) is 0 Å². The van der Waals surface area contributed by atoms with Gasteiger partial charge in [0.1, 0.15) is 7.85 Å². The van der Waals surface area contributed by atoms with Gasteiger partial charge >= 0.3 is 0 Å². The van der Waals surface area contributed by atoms with Crippen LogP contribution in [0.3, 0.4) is 0 Å². The van der Waals surface area contributed by atoms with Crippen LogP contribution in [0.15, 0.2) is 33.4 Å². The van der Waals surface area contributed by atoms with E-state index in [2.05, 4.69) is 29.2 Å². The zero-order valence-corrected chi connectivity index (χ0v) is 9.38. The maximum atomic E-state index is 10.8. The molecule has 0 atom stereocenters. The number of halogens is 1. The highest BCUT2D eigenvalue weighted by Crippen LogP contribution is 2.15. The SMILES string of the molecule is [B]/C(C=C)=C(I)/C=C(\C)C(C)=O. The first kappa shape index (κ1) is 11.7. The Morgan fingerprint density at radius 3 is 2.33 bits per heavy atom. The van der Waals surface area contributed by atoms with Crippen molar-refractivity contribution >= 4 is 36.2 Å². The molecule has 0 aliphatic heterocycles. The normalized spacial score (nSPS) is 13.8. The van der Waals surface area contributed by atoms with E-state index < -0.39 is 0 Å². The van der Waals surface area contributed by atoms with Crippen molar-refractivity contribution in [2.24, 2.45) is 0 Å². The van der Waals surface area contributed by atoms with E-state index in [0.29, 0.717) is 11.0 Å². The standard InChI is InChI=1S/C9H10BIO/c1-4-8(10)9(11)5-6(2)7(3)12/h4-5H,1H2,2-3H3/b6-5+,9-8-. The van der Waals surface area contributed by atoms with Gasteiger partial charge in [0, 0.05) is 3.58 Å². The summed E-state index contributed by atoms with van der Waals surface area (Å²) in [4.78, 5) is 10.8. The van der Waals surface area contributed by atoms with E-state index in [9.17, 15) is 4.79 Å². The Labute approximate surface area is 88.2 Å². The Balaban J connectivity index is 4.76. The average Bonchev–Trinajstić information content (AvgIpc) is 2.02. The van der Waals surface area contributed by atoms with Gasteiger partial charge in [-0.25, -0.2) is 0 Å². The van der Waals surface area contributed by atoms with Crippen molar-refractivity contribution < 1.29 is 4.79 Å². The molecule has 1 nitrogen and oxygen atoms in total. The van der Waals surface area contributed by atoms with Gasteiger partial charge in [0.05, 0.1) is 0 Å². The van der Waals surface area contributed by atoms with E-state index in [1.54, 1.807) is 19.1 Å². The first-order valence-corrected chi connectivity index (χ1v) is 4.53. The molecule has 0 heterocycles. The quantitative estimate of drug-likeness (QED) is 0.334. The van der Waals surface area contributed by atoms with E-state index in [-0.39, 0.29) is 5.78 Å². The summed E-state index contributed by atoms with van der Waals surface area (Å²) < 4.78 is 0.843. The van der Waals surface area contributed by atoms with Crippen LogP contribution in [-0.2, 0) is 4.79 Å². The molecule has 0 fully saturated rings. The zero-order valence-electron chi connectivity index (χ0n) is 7.23. The van der Waals surface area contributed by atoms with Gasteiger partial charge in [-0.3, -0.25) is 4.79 Å². The second-order valence-corrected chi connectivity index (χ2v) is 3.55. The molecule has 0 saturated carbocycles. The molecule has 12 heavy (non-hydrogen) atoms. The second kappa shape index (κ2) is 5.35. The summed E-state index contributed by atoms with van der Waals surface area (Å²) in [6.45, 7) is 6.82. The molecule has 0 rings (SSSR count). The maximum absolute atomic E-state index is 10.8. The lowest BCUT2D eigenvalue weighted by molar-refractivity contribution is -0.113. The van der Waals surface area contributed by atoms with Crippen LogP contribution >= 0.6 is 22.6 Å². The monoisotopic (exact) mass is 272 g/mol. The number of hydrogen-bond donors (Lipinski definition) is 0. The minimum atomic E-state index is 0.0565. The molecule has 0 aliphatic carbocycles. The molecule has 0 amide bonds. The van der Waals surface area contributed by atoms with E-state index in [0.717, 1.165) is 3.58 Å². The van der Waals surface area contributed by atoms with Crippen molar-refractivity contribution in [3.8, 4) is 0 Å². The topological polar surface area (TPSA) is 17.1 Å². The minimum absolute atomic E-state index is 0.0565. The number of carbonyl (C=O) groups excluding carboxylic acids is 1. The van der Waals surface area contributed by atoms with Crippen molar-refractivity contribution in [3.05, 3.63) is 33.4 Å². The molecule has 0 aliphatic rings. The molecule has 0 unspecified atom stereocenters. The fourth-order valence-corrected chi connectivity index (χ4v) is 1.16. The minimum Gasteiger partial charge on any atom is -0.295 e. The molecule has 2 radical (unpaired) electrons. The summed E-state index contributed by atoms with van der Waals surface area (Å²) in [6, 6.07) is 0. The highest BCUT2D eigenvalue weighted by atomic mass is 127. The summed E-state index contributed by atoms with van der Waals surface area (Å²) in [5.74, 6) is 0.0565. The van der Waals surface area contributed by atoms with Gasteiger partial charge in [-0.2, -0.15) is 0 Å².